The third kappa shape index (κ3) is 2.85. The third-order valence-corrected chi connectivity index (χ3v) is 1.34. The van der Waals surface area contributed by atoms with Gasteiger partial charge in [0.15, 0.2) is 5.82 Å². The molecule has 0 radical (unpaired) electrons. The first kappa shape index (κ1) is 9.70. The van der Waals surface area contributed by atoms with Crippen LogP contribution in [0.1, 0.15) is 37.3 Å². The highest BCUT2D eigenvalue weighted by atomic mass is 16.5. The molecule has 0 saturated heterocycles. The summed E-state index contributed by atoms with van der Waals surface area (Å²) in [6, 6.07) is 0. The van der Waals surface area contributed by atoms with Crippen molar-refractivity contribution in [3.05, 3.63) is 11.7 Å². The van der Waals surface area contributed by atoms with E-state index in [9.17, 15) is 4.79 Å². The van der Waals surface area contributed by atoms with Crippen LogP contribution in [0.25, 0.3) is 0 Å². The molecule has 1 aromatic heterocycles. The number of carboxylic acid groups (broad SMARTS) is 1. The zero-order valence-corrected chi connectivity index (χ0v) is 7.87. The van der Waals surface area contributed by atoms with Crippen LogP contribution in [0.5, 0.6) is 0 Å². The highest BCUT2D eigenvalue weighted by Gasteiger charge is 2.18. The molecule has 0 atom stereocenters. The number of carbonyl (C=O) groups is 1. The normalized spacial score (nSPS) is 11.6. The van der Waals surface area contributed by atoms with E-state index in [1.165, 1.54) is 0 Å². The van der Waals surface area contributed by atoms with Gasteiger partial charge in [0.05, 0.1) is 0 Å². The zero-order valence-electron chi connectivity index (χ0n) is 7.87. The largest absolute Gasteiger partial charge is 0.474 e. The Morgan fingerprint density at radius 1 is 1.54 bits per heavy atom. The van der Waals surface area contributed by atoms with Crippen molar-refractivity contribution in [3.8, 4) is 0 Å². The van der Waals surface area contributed by atoms with Crippen LogP contribution in [0.2, 0.25) is 0 Å². The van der Waals surface area contributed by atoms with Crippen molar-refractivity contribution in [1.82, 2.24) is 10.1 Å². The van der Waals surface area contributed by atoms with E-state index in [-0.39, 0.29) is 11.3 Å². The molecule has 1 aromatic rings. The number of aromatic carboxylic acids is 1. The van der Waals surface area contributed by atoms with E-state index in [1.807, 2.05) is 20.8 Å². The summed E-state index contributed by atoms with van der Waals surface area (Å²) in [4.78, 5) is 14.1. The smallest absolute Gasteiger partial charge is 0.394 e. The molecular formula is C8H12N2O3. The van der Waals surface area contributed by atoms with Crippen molar-refractivity contribution in [2.45, 2.75) is 27.2 Å². The van der Waals surface area contributed by atoms with E-state index in [1.54, 1.807) is 0 Å². The molecule has 0 unspecified atom stereocenters. The Kier molecular flexibility index (Phi) is 2.36. The maximum atomic E-state index is 10.4. The minimum absolute atomic E-state index is 0.0274. The molecule has 0 aliphatic heterocycles. The third-order valence-electron chi connectivity index (χ3n) is 1.34. The van der Waals surface area contributed by atoms with Crippen LogP contribution < -0.4 is 0 Å². The molecule has 5 nitrogen and oxygen atoms in total. The van der Waals surface area contributed by atoms with Gasteiger partial charge in [0.25, 0.3) is 0 Å². The molecule has 0 aromatic carbocycles. The van der Waals surface area contributed by atoms with Gasteiger partial charge in [-0.1, -0.05) is 25.9 Å². The maximum Gasteiger partial charge on any atom is 0.394 e. The van der Waals surface area contributed by atoms with Crippen LogP contribution in [0.15, 0.2) is 4.52 Å². The summed E-state index contributed by atoms with van der Waals surface area (Å²) < 4.78 is 4.51. The van der Waals surface area contributed by atoms with Gasteiger partial charge in [-0.25, -0.2) is 4.79 Å². The number of hydrogen-bond acceptors (Lipinski definition) is 4. The van der Waals surface area contributed by atoms with Crippen molar-refractivity contribution in [1.29, 1.82) is 0 Å². The van der Waals surface area contributed by atoms with Gasteiger partial charge in [0.2, 0.25) is 0 Å². The van der Waals surface area contributed by atoms with E-state index in [0.717, 1.165) is 0 Å². The van der Waals surface area contributed by atoms with E-state index in [0.29, 0.717) is 12.2 Å². The molecule has 72 valence electrons. The first-order valence-electron chi connectivity index (χ1n) is 3.94. The first-order valence-corrected chi connectivity index (χ1v) is 3.94. The van der Waals surface area contributed by atoms with Crippen molar-refractivity contribution < 1.29 is 14.4 Å². The van der Waals surface area contributed by atoms with Crippen LogP contribution in [0, 0.1) is 5.41 Å². The number of carboxylic acids is 1. The van der Waals surface area contributed by atoms with Crippen LogP contribution in [-0.2, 0) is 6.42 Å². The number of rotatable bonds is 2. The Hall–Kier alpha value is -1.39. The lowest BCUT2D eigenvalue weighted by atomic mass is 9.92. The second kappa shape index (κ2) is 3.16. The molecule has 1 N–H and O–H groups in total. The summed E-state index contributed by atoms with van der Waals surface area (Å²) in [5.74, 6) is -1.10. The standard InChI is InChI=1S/C8H12N2O3/c1-8(2,3)4-5-9-6(7(11)12)13-10-5/h4H2,1-3H3,(H,11,12). The molecular weight excluding hydrogens is 172 g/mol. The lowest BCUT2D eigenvalue weighted by Gasteiger charge is -2.14. The Bertz CT molecular complexity index is 311. The number of hydrogen-bond donors (Lipinski definition) is 1. The van der Waals surface area contributed by atoms with Gasteiger partial charge in [-0.15, -0.1) is 0 Å². The average molecular weight is 184 g/mol. The Balaban J connectivity index is 2.75. The maximum absolute atomic E-state index is 10.4. The topological polar surface area (TPSA) is 76.2 Å². The molecule has 0 amide bonds. The van der Waals surface area contributed by atoms with Crippen molar-refractivity contribution in [2.24, 2.45) is 5.41 Å². The minimum Gasteiger partial charge on any atom is -0.474 e. The SMILES string of the molecule is CC(C)(C)Cc1noc(C(=O)O)n1. The number of aromatic nitrogens is 2. The average Bonchev–Trinajstić information content (AvgIpc) is 2.31. The van der Waals surface area contributed by atoms with E-state index in [2.05, 4.69) is 14.7 Å². The minimum atomic E-state index is -1.19. The Labute approximate surface area is 75.8 Å². The molecule has 0 aliphatic carbocycles. The predicted molar refractivity (Wildman–Crippen MR) is 44.4 cm³/mol. The molecule has 0 fully saturated rings. The molecule has 13 heavy (non-hydrogen) atoms. The van der Waals surface area contributed by atoms with Gasteiger partial charge in [0.1, 0.15) is 0 Å². The van der Waals surface area contributed by atoms with Crippen LogP contribution in [0.4, 0.5) is 0 Å². The lowest BCUT2D eigenvalue weighted by molar-refractivity contribution is 0.0643. The van der Waals surface area contributed by atoms with Crippen LogP contribution >= 0.6 is 0 Å². The van der Waals surface area contributed by atoms with Gasteiger partial charge in [-0.2, -0.15) is 4.98 Å². The summed E-state index contributed by atoms with van der Waals surface area (Å²) in [7, 11) is 0. The van der Waals surface area contributed by atoms with Gasteiger partial charge in [-0.05, 0) is 5.41 Å². The quantitative estimate of drug-likeness (QED) is 0.750. The second-order valence-electron chi connectivity index (χ2n) is 4.06. The van der Waals surface area contributed by atoms with Gasteiger partial charge < -0.3 is 9.63 Å². The fourth-order valence-electron chi connectivity index (χ4n) is 0.887. The molecule has 5 heteroatoms. The van der Waals surface area contributed by atoms with Crippen molar-refractivity contribution in [3.63, 3.8) is 0 Å². The molecule has 0 aliphatic rings. The molecule has 1 rings (SSSR count). The van der Waals surface area contributed by atoms with Crippen LogP contribution in [0.3, 0.4) is 0 Å². The lowest BCUT2D eigenvalue weighted by Crippen LogP contribution is -2.10. The fraction of sp³-hybridized carbons (Fsp3) is 0.625. The number of nitrogens with zero attached hydrogens (tertiary/aromatic N) is 2. The molecule has 0 saturated carbocycles. The van der Waals surface area contributed by atoms with Gasteiger partial charge >= 0.3 is 11.9 Å². The zero-order chi connectivity index (χ0) is 10.1. The van der Waals surface area contributed by atoms with Gasteiger partial charge in [0, 0.05) is 6.42 Å². The summed E-state index contributed by atoms with van der Waals surface area (Å²) in [5.41, 5.74) is 0.0274. The van der Waals surface area contributed by atoms with E-state index in [4.69, 9.17) is 5.11 Å². The molecule has 1 heterocycles. The molecule has 0 bridgehead atoms. The van der Waals surface area contributed by atoms with E-state index >= 15 is 0 Å². The Morgan fingerprint density at radius 3 is 2.54 bits per heavy atom. The van der Waals surface area contributed by atoms with Crippen molar-refractivity contribution in [2.75, 3.05) is 0 Å². The fourth-order valence-corrected chi connectivity index (χ4v) is 0.887. The summed E-state index contributed by atoms with van der Waals surface area (Å²) in [5, 5.41) is 12.1. The van der Waals surface area contributed by atoms with Crippen LogP contribution in [-0.4, -0.2) is 21.2 Å². The summed E-state index contributed by atoms with van der Waals surface area (Å²) in [6.07, 6.45) is 0.601. The molecule has 0 spiro atoms. The monoisotopic (exact) mass is 184 g/mol. The summed E-state index contributed by atoms with van der Waals surface area (Å²) >= 11 is 0. The van der Waals surface area contributed by atoms with Crippen molar-refractivity contribution >= 4 is 5.97 Å². The predicted octanol–water partition coefficient (Wildman–Crippen LogP) is 1.36. The Morgan fingerprint density at radius 2 is 2.15 bits per heavy atom. The highest BCUT2D eigenvalue weighted by molar-refractivity contribution is 5.81. The summed E-state index contributed by atoms with van der Waals surface area (Å²) in [6.45, 7) is 6.05. The highest BCUT2D eigenvalue weighted by Crippen LogP contribution is 2.18. The first-order chi connectivity index (χ1) is 5.88. The van der Waals surface area contributed by atoms with E-state index < -0.39 is 5.97 Å². The second-order valence-corrected chi connectivity index (χ2v) is 4.06. The van der Waals surface area contributed by atoms with Gasteiger partial charge in [-0.3, -0.25) is 0 Å².